The number of nitrogens with zero attached hydrogens (tertiary/aromatic N) is 3. The summed E-state index contributed by atoms with van der Waals surface area (Å²) in [4.78, 5) is 36.5. The number of carbonyl (C=O) groups is 2. The zero-order valence-electron chi connectivity index (χ0n) is 15.1. The van der Waals surface area contributed by atoms with E-state index >= 15 is 0 Å². The first-order valence-electron chi connectivity index (χ1n) is 8.18. The summed E-state index contributed by atoms with van der Waals surface area (Å²) in [7, 11) is 0. The van der Waals surface area contributed by atoms with Crippen LogP contribution in [0.4, 0.5) is 5.82 Å². The molecule has 2 N–H and O–H groups in total. The van der Waals surface area contributed by atoms with Gasteiger partial charge in [-0.1, -0.05) is 0 Å². The van der Waals surface area contributed by atoms with E-state index in [9.17, 15) is 9.59 Å². The van der Waals surface area contributed by atoms with Crippen LogP contribution in [0, 0.1) is 13.8 Å². The lowest BCUT2D eigenvalue weighted by molar-refractivity contribution is -0.144. The second-order valence-electron chi connectivity index (χ2n) is 5.65. The maximum Gasteiger partial charge on any atom is 0.342 e. The van der Waals surface area contributed by atoms with Gasteiger partial charge in [-0.05, 0) is 20.8 Å². The first kappa shape index (κ1) is 18.8. The molecule has 10 heteroatoms. The number of thiazole rings is 1. The third kappa shape index (κ3) is 4.05. The van der Waals surface area contributed by atoms with Gasteiger partial charge >= 0.3 is 11.9 Å². The van der Waals surface area contributed by atoms with Crippen molar-refractivity contribution in [2.24, 2.45) is 0 Å². The molecule has 27 heavy (non-hydrogen) atoms. The topological polar surface area (TPSA) is 130 Å². The Morgan fingerprint density at radius 2 is 2.00 bits per heavy atom. The zero-order valence-corrected chi connectivity index (χ0v) is 15.9. The van der Waals surface area contributed by atoms with E-state index in [1.165, 1.54) is 11.3 Å². The maximum absolute atomic E-state index is 12.1. The van der Waals surface area contributed by atoms with Gasteiger partial charge in [0.2, 0.25) is 5.71 Å². The first-order valence-corrected chi connectivity index (χ1v) is 9.06. The number of esters is 2. The quantitative estimate of drug-likeness (QED) is 0.630. The molecule has 0 saturated heterocycles. The second kappa shape index (κ2) is 7.70. The maximum atomic E-state index is 12.1. The van der Waals surface area contributed by atoms with Gasteiger partial charge in [-0.25, -0.2) is 14.8 Å². The fourth-order valence-corrected chi connectivity index (χ4v) is 3.14. The molecule has 0 atom stereocenters. The molecule has 0 aliphatic rings. The fraction of sp³-hybridized carbons (Fsp3) is 0.353. The molecule has 142 valence electrons. The van der Waals surface area contributed by atoms with Gasteiger partial charge in [-0.3, -0.25) is 4.79 Å². The minimum Gasteiger partial charge on any atom is -0.462 e. The van der Waals surface area contributed by atoms with Crippen molar-refractivity contribution in [3.8, 4) is 0 Å². The Kier molecular flexibility index (Phi) is 5.36. The van der Waals surface area contributed by atoms with E-state index in [2.05, 4.69) is 15.0 Å². The molecule has 0 aromatic carbocycles. The number of nitrogen functional groups attached to an aromatic ring is 1. The number of aromatic nitrogens is 3. The van der Waals surface area contributed by atoms with Gasteiger partial charge in [0.25, 0.3) is 0 Å². The Bertz CT molecular complexity index is 1010. The van der Waals surface area contributed by atoms with Crippen LogP contribution in [-0.4, -0.2) is 33.5 Å². The summed E-state index contributed by atoms with van der Waals surface area (Å²) in [6, 6.07) is 0. The van der Waals surface area contributed by atoms with Gasteiger partial charge in [-0.2, -0.15) is 4.98 Å². The van der Waals surface area contributed by atoms with E-state index in [4.69, 9.17) is 19.6 Å². The SMILES string of the molecule is CCOC(=O)c1c(C)oc2nc(COC(=O)Cc3csc(C)n3)nc(N)c12. The molecule has 3 heterocycles. The summed E-state index contributed by atoms with van der Waals surface area (Å²) in [5.74, 6) is -0.447. The molecule has 0 aliphatic carbocycles. The standard InChI is InChI=1S/C17H18N4O5S/c1-4-24-17(23)13-8(2)26-16-14(13)15(18)20-11(21-16)6-25-12(22)5-10-7-27-9(3)19-10/h7H,4-6H2,1-3H3,(H2,18,20,21). The second-order valence-corrected chi connectivity index (χ2v) is 6.72. The van der Waals surface area contributed by atoms with Crippen molar-refractivity contribution in [3.63, 3.8) is 0 Å². The van der Waals surface area contributed by atoms with Gasteiger partial charge in [0.05, 0.1) is 29.1 Å². The number of rotatable bonds is 6. The molecule has 9 nitrogen and oxygen atoms in total. The Morgan fingerprint density at radius 3 is 2.67 bits per heavy atom. The number of fused-ring (bicyclic) bond motifs is 1. The molecule has 0 spiro atoms. The van der Waals surface area contributed by atoms with Crippen LogP contribution in [0.25, 0.3) is 11.1 Å². The molecular formula is C17H18N4O5S. The highest BCUT2D eigenvalue weighted by atomic mass is 32.1. The number of hydrogen-bond donors (Lipinski definition) is 1. The fourth-order valence-electron chi connectivity index (χ4n) is 2.53. The number of anilines is 1. The smallest absolute Gasteiger partial charge is 0.342 e. The van der Waals surface area contributed by atoms with Gasteiger partial charge in [0.1, 0.15) is 17.1 Å². The van der Waals surface area contributed by atoms with E-state index in [1.54, 1.807) is 19.2 Å². The number of ether oxygens (including phenoxy) is 2. The highest BCUT2D eigenvalue weighted by molar-refractivity contribution is 7.09. The van der Waals surface area contributed by atoms with E-state index in [-0.39, 0.29) is 42.6 Å². The molecule has 0 aliphatic heterocycles. The Labute approximate surface area is 158 Å². The lowest BCUT2D eigenvalue weighted by Gasteiger charge is -2.05. The molecule has 0 saturated carbocycles. The van der Waals surface area contributed by atoms with Gasteiger partial charge in [0, 0.05) is 5.38 Å². The van der Waals surface area contributed by atoms with Crippen LogP contribution in [-0.2, 0) is 27.3 Å². The highest BCUT2D eigenvalue weighted by Crippen LogP contribution is 2.29. The van der Waals surface area contributed by atoms with Crippen molar-refractivity contribution in [2.45, 2.75) is 33.8 Å². The summed E-state index contributed by atoms with van der Waals surface area (Å²) in [6.07, 6.45) is 0.0644. The predicted octanol–water partition coefficient (Wildman–Crippen LogP) is 2.34. The summed E-state index contributed by atoms with van der Waals surface area (Å²) >= 11 is 1.46. The number of hydrogen-bond acceptors (Lipinski definition) is 10. The van der Waals surface area contributed by atoms with Crippen molar-refractivity contribution < 1.29 is 23.5 Å². The summed E-state index contributed by atoms with van der Waals surface area (Å²) in [5.41, 5.74) is 6.97. The van der Waals surface area contributed by atoms with Crippen molar-refractivity contribution >= 4 is 40.2 Å². The summed E-state index contributed by atoms with van der Waals surface area (Å²) < 4.78 is 15.7. The van der Waals surface area contributed by atoms with E-state index in [0.717, 1.165) is 5.01 Å². The van der Waals surface area contributed by atoms with Crippen LogP contribution in [0.1, 0.15) is 39.6 Å². The highest BCUT2D eigenvalue weighted by Gasteiger charge is 2.24. The van der Waals surface area contributed by atoms with Crippen molar-refractivity contribution in [1.29, 1.82) is 0 Å². The number of nitrogens with two attached hydrogens (primary N) is 1. The molecule has 0 radical (unpaired) electrons. The number of aryl methyl sites for hydroxylation is 2. The Balaban J connectivity index is 1.76. The van der Waals surface area contributed by atoms with Gasteiger partial charge in [0.15, 0.2) is 12.4 Å². The first-order chi connectivity index (χ1) is 12.9. The predicted molar refractivity (Wildman–Crippen MR) is 97.3 cm³/mol. The zero-order chi connectivity index (χ0) is 19.6. The van der Waals surface area contributed by atoms with Gasteiger partial charge in [-0.15, -0.1) is 11.3 Å². The lowest BCUT2D eigenvalue weighted by Crippen LogP contribution is -2.11. The summed E-state index contributed by atoms with van der Waals surface area (Å²) in [5, 5.41) is 2.98. The molecular weight excluding hydrogens is 372 g/mol. The van der Waals surface area contributed by atoms with Crippen LogP contribution in [0.15, 0.2) is 9.80 Å². The minimum atomic E-state index is -0.554. The molecule has 0 bridgehead atoms. The molecule has 3 aromatic heterocycles. The van der Waals surface area contributed by atoms with Crippen LogP contribution in [0.2, 0.25) is 0 Å². The van der Waals surface area contributed by atoms with Crippen LogP contribution in [0.5, 0.6) is 0 Å². The third-order valence-electron chi connectivity index (χ3n) is 3.64. The Morgan fingerprint density at radius 1 is 1.22 bits per heavy atom. The average Bonchev–Trinajstić information content (AvgIpc) is 3.15. The van der Waals surface area contributed by atoms with Crippen molar-refractivity contribution in [3.05, 3.63) is 33.2 Å². The lowest BCUT2D eigenvalue weighted by atomic mass is 10.2. The molecule has 0 amide bonds. The van der Waals surface area contributed by atoms with Crippen LogP contribution in [0.3, 0.4) is 0 Å². The molecule has 0 unspecified atom stereocenters. The monoisotopic (exact) mass is 390 g/mol. The third-order valence-corrected chi connectivity index (χ3v) is 4.46. The Hall–Kier alpha value is -3.01. The molecule has 3 rings (SSSR count). The summed E-state index contributed by atoms with van der Waals surface area (Å²) in [6.45, 7) is 5.23. The molecule has 0 fully saturated rings. The minimum absolute atomic E-state index is 0.0566. The van der Waals surface area contributed by atoms with Crippen molar-refractivity contribution in [2.75, 3.05) is 12.3 Å². The average molecular weight is 390 g/mol. The van der Waals surface area contributed by atoms with E-state index < -0.39 is 11.9 Å². The number of furan rings is 1. The van der Waals surface area contributed by atoms with E-state index in [1.807, 2.05) is 6.92 Å². The number of carbonyl (C=O) groups excluding carboxylic acids is 2. The van der Waals surface area contributed by atoms with Crippen LogP contribution >= 0.6 is 11.3 Å². The van der Waals surface area contributed by atoms with Gasteiger partial charge < -0.3 is 19.6 Å². The van der Waals surface area contributed by atoms with Crippen molar-refractivity contribution in [1.82, 2.24) is 15.0 Å². The largest absolute Gasteiger partial charge is 0.462 e. The van der Waals surface area contributed by atoms with E-state index in [0.29, 0.717) is 16.8 Å². The normalized spacial score (nSPS) is 10.9. The molecule has 3 aromatic rings. The van der Waals surface area contributed by atoms with Crippen LogP contribution < -0.4 is 5.73 Å².